The Morgan fingerprint density at radius 1 is 1.08 bits per heavy atom. The van der Waals surface area contributed by atoms with Crippen LogP contribution in [0.1, 0.15) is 98.7 Å². The fourth-order valence-corrected chi connectivity index (χ4v) is 6.61. The fourth-order valence-electron chi connectivity index (χ4n) is 6.61. The van der Waals surface area contributed by atoms with Gasteiger partial charge in [0.25, 0.3) is 0 Å². The molecule has 0 saturated heterocycles. The molecule has 3 aromatic rings. The van der Waals surface area contributed by atoms with Crippen LogP contribution in [0, 0.1) is 13.8 Å². The quantitative estimate of drug-likeness (QED) is 0.346. The van der Waals surface area contributed by atoms with E-state index in [1.165, 1.54) is 60.6 Å². The number of fused-ring (bicyclic) bond motifs is 4. The van der Waals surface area contributed by atoms with E-state index in [1.54, 1.807) is 0 Å². The number of ether oxygens (including phenoxy) is 3. The molecule has 6 heteroatoms. The molecule has 6 rings (SSSR count). The second-order valence-electron chi connectivity index (χ2n) is 12.2. The number of aryl methyl sites for hydroxylation is 2. The molecule has 1 atom stereocenters. The summed E-state index contributed by atoms with van der Waals surface area (Å²) in [5.41, 5.74) is 9.78. The minimum Gasteiger partial charge on any atom is -0.493 e. The standard InChI is InChI=1S/C32H40N2O4/c1-18-21-11-9-17-37-25(21)16-15-22(18)27-26(29(31(35)36-6)38-32(3,4)5)19(2)33-30-28(27)23-10-7-8-12-24(23)34(30)20-13-14-20/h15-16,20,29H,7-14,17H2,1-6H3. The Bertz CT molecular complexity index is 1420. The first-order chi connectivity index (χ1) is 18.2. The van der Waals surface area contributed by atoms with Gasteiger partial charge in [-0.1, -0.05) is 6.07 Å². The summed E-state index contributed by atoms with van der Waals surface area (Å²) in [4.78, 5) is 18.7. The van der Waals surface area contributed by atoms with Crippen LogP contribution < -0.4 is 4.74 Å². The van der Waals surface area contributed by atoms with Crippen molar-refractivity contribution in [2.75, 3.05) is 13.7 Å². The van der Waals surface area contributed by atoms with Gasteiger partial charge < -0.3 is 18.8 Å². The lowest BCUT2D eigenvalue weighted by atomic mass is 9.84. The summed E-state index contributed by atoms with van der Waals surface area (Å²) in [5.74, 6) is 0.592. The highest BCUT2D eigenvalue weighted by atomic mass is 16.6. The lowest BCUT2D eigenvalue weighted by Crippen LogP contribution is -2.29. The van der Waals surface area contributed by atoms with Crippen molar-refractivity contribution in [1.29, 1.82) is 0 Å². The molecule has 0 N–H and O–H groups in total. The van der Waals surface area contributed by atoms with Crippen LogP contribution in [0.15, 0.2) is 12.1 Å². The van der Waals surface area contributed by atoms with E-state index in [0.29, 0.717) is 6.04 Å². The molecule has 0 spiro atoms. The van der Waals surface area contributed by atoms with Crippen LogP contribution in [0.2, 0.25) is 0 Å². The Labute approximate surface area is 225 Å². The predicted molar refractivity (Wildman–Crippen MR) is 149 cm³/mol. The zero-order valence-electron chi connectivity index (χ0n) is 23.7. The Balaban J connectivity index is 1.73. The van der Waals surface area contributed by atoms with E-state index < -0.39 is 11.7 Å². The summed E-state index contributed by atoms with van der Waals surface area (Å²) in [5, 5.41) is 1.21. The minimum atomic E-state index is -0.873. The van der Waals surface area contributed by atoms with Gasteiger partial charge in [-0.2, -0.15) is 0 Å². The van der Waals surface area contributed by atoms with Crippen LogP contribution in [-0.4, -0.2) is 34.8 Å². The number of hydrogen-bond donors (Lipinski definition) is 0. The van der Waals surface area contributed by atoms with Crippen molar-refractivity contribution >= 4 is 17.0 Å². The molecule has 6 nitrogen and oxygen atoms in total. The number of nitrogens with zero attached hydrogens (tertiary/aromatic N) is 2. The molecule has 2 aromatic heterocycles. The maximum Gasteiger partial charge on any atom is 0.339 e. The van der Waals surface area contributed by atoms with Crippen LogP contribution in [0.25, 0.3) is 22.2 Å². The van der Waals surface area contributed by atoms with Gasteiger partial charge in [0.15, 0.2) is 6.10 Å². The molecule has 1 unspecified atom stereocenters. The van der Waals surface area contributed by atoms with Crippen LogP contribution in [-0.2, 0) is 33.5 Å². The summed E-state index contributed by atoms with van der Waals surface area (Å²) in [6.07, 6.45) is 8.08. The third kappa shape index (κ3) is 4.21. The molecule has 2 aliphatic carbocycles. The second kappa shape index (κ2) is 9.41. The van der Waals surface area contributed by atoms with Gasteiger partial charge >= 0.3 is 5.97 Å². The number of benzene rings is 1. The number of esters is 1. The predicted octanol–water partition coefficient (Wildman–Crippen LogP) is 6.89. The number of rotatable bonds is 5. The van der Waals surface area contributed by atoms with Gasteiger partial charge in [0, 0.05) is 33.9 Å². The second-order valence-corrected chi connectivity index (χ2v) is 12.2. The van der Waals surface area contributed by atoms with Crippen molar-refractivity contribution in [2.45, 2.75) is 104 Å². The lowest BCUT2D eigenvalue weighted by molar-refractivity contribution is -0.164. The van der Waals surface area contributed by atoms with Crippen molar-refractivity contribution in [3.8, 4) is 16.9 Å². The highest BCUT2D eigenvalue weighted by molar-refractivity contribution is 6.02. The first-order valence-electron chi connectivity index (χ1n) is 14.3. The van der Waals surface area contributed by atoms with Crippen molar-refractivity contribution in [3.05, 3.63) is 45.8 Å². The minimum absolute atomic E-state index is 0.389. The SMILES string of the molecule is COC(=O)C(OC(C)(C)C)c1c(C)nc2c(c3c(n2C2CC2)CCCC3)c1-c1ccc2c(c1C)CCCO2. The van der Waals surface area contributed by atoms with Gasteiger partial charge in [0.1, 0.15) is 11.4 Å². The maximum absolute atomic E-state index is 13.4. The third-order valence-corrected chi connectivity index (χ3v) is 8.38. The molecule has 0 radical (unpaired) electrons. The normalized spacial score (nSPS) is 18.1. The molecule has 1 aliphatic heterocycles. The van der Waals surface area contributed by atoms with E-state index in [-0.39, 0.29) is 5.97 Å². The van der Waals surface area contributed by atoms with Gasteiger partial charge in [0.05, 0.1) is 19.3 Å². The zero-order chi connectivity index (χ0) is 26.8. The topological polar surface area (TPSA) is 62.6 Å². The van der Waals surface area contributed by atoms with Gasteiger partial charge in [-0.25, -0.2) is 9.78 Å². The molecule has 1 fully saturated rings. The van der Waals surface area contributed by atoms with E-state index in [0.717, 1.165) is 66.1 Å². The van der Waals surface area contributed by atoms with Crippen LogP contribution in [0.5, 0.6) is 5.75 Å². The summed E-state index contributed by atoms with van der Waals surface area (Å²) in [6.45, 7) is 10.9. The highest BCUT2D eigenvalue weighted by Gasteiger charge is 2.38. The molecule has 38 heavy (non-hydrogen) atoms. The number of methoxy groups -OCH3 is 1. The number of aromatic nitrogens is 2. The van der Waals surface area contributed by atoms with E-state index in [9.17, 15) is 4.79 Å². The van der Waals surface area contributed by atoms with E-state index >= 15 is 0 Å². The van der Waals surface area contributed by atoms with Crippen molar-refractivity contribution in [3.63, 3.8) is 0 Å². The third-order valence-electron chi connectivity index (χ3n) is 8.38. The molecular weight excluding hydrogens is 476 g/mol. The van der Waals surface area contributed by atoms with E-state index in [4.69, 9.17) is 19.2 Å². The van der Waals surface area contributed by atoms with Crippen molar-refractivity contribution < 1.29 is 19.0 Å². The zero-order valence-corrected chi connectivity index (χ0v) is 23.7. The average Bonchev–Trinajstić information content (AvgIpc) is 3.67. The molecule has 1 saturated carbocycles. The molecule has 3 aliphatic rings. The molecular formula is C32H40N2O4. The summed E-state index contributed by atoms with van der Waals surface area (Å²) < 4.78 is 20.4. The highest BCUT2D eigenvalue weighted by Crippen LogP contribution is 2.49. The van der Waals surface area contributed by atoms with Crippen molar-refractivity contribution in [2.24, 2.45) is 0 Å². The summed E-state index contributed by atoms with van der Waals surface area (Å²) in [6, 6.07) is 4.83. The Hall–Kier alpha value is -2.86. The fraction of sp³-hybridized carbons (Fsp3) is 0.562. The number of carbonyl (C=O) groups excluding carboxylic acids is 1. The largest absolute Gasteiger partial charge is 0.493 e. The molecule has 3 heterocycles. The molecule has 0 bridgehead atoms. The number of carbonyl (C=O) groups is 1. The van der Waals surface area contributed by atoms with Crippen LogP contribution >= 0.6 is 0 Å². The van der Waals surface area contributed by atoms with Gasteiger partial charge in [0.2, 0.25) is 0 Å². The van der Waals surface area contributed by atoms with Crippen LogP contribution in [0.3, 0.4) is 0 Å². The maximum atomic E-state index is 13.4. The summed E-state index contributed by atoms with van der Waals surface area (Å²) >= 11 is 0. The summed E-state index contributed by atoms with van der Waals surface area (Å²) in [7, 11) is 1.44. The Morgan fingerprint density at radius 3 is 2.53 bits per heavy atom. The van der Waals surface area contributed by atoms with E-state index in [1.807, 2.05) is 27.7 Å². The molecule has 202 valence electrons. The van der Waals surface area contributed by atoms with Crippen molar-refractivity contribution in [1.82, 2.24) is 9.55 Å². The smallest absolute Gasteiger partial charge is 0.339 e. The Kier molecular flexibility index (Phi) is 6.29. The number of hydrogen-bond acceptors (Lipinski definition) is 5. The van der Waals surface area contributed by atoms with Gasteiger partial charge in [-0.05, 0) is 114 Å². The van der Waals surface area contributed by atoms with Crippen LogP contribution in [0.4, 0.5) is 0 Å². The van der Waals surface area contributed by atoms with Gasteiger partial charge in [-0.3, -0.25) is 0 Å². The lowest BCUT2D eigenvalue weighted by Gasteiger charge is -2.30. The first kappa shape index (κ1) is 25.4. The van der Waals surface area contributed by atoms with E-state index in [2.05, 4.69) is 23.6 Å². The monoisotopic (exact) mass is 516 g/mol. The number of pyridine rings is 1. The van der Waals surface area contributed by atoms with Gasteiger partial charge in [-0.15, -0.1) is 0 Å². The Morgan fingerprint density at radius 2 is 1.82 bits per heavy atom. The first-order valence-corrected chi connectivity index (χ1v) is 14.3. The average molecular weight is 517 g/mol. The molecule has 0 amide bonds. The molecule has 1 aromatic carbocycles.